The van der Waals surface area contributed by atoms with Gasteiger partial charge in [-0.25, -0.2) is 19.2 Å². The number of hydrogen-bond donors (Lipinski definition) is 2. The summed E-state index contributed by atoms with van der Waals surface area (Å²) in [5, 5.41) is 9.56. The standard InChI is InChI=1S/C22H16FN3O4/c23-15-5-1-13(2-6-15)9-16(27)10-14-3-7-17(8-4-14)30-21-18-11-19(22(28)29)26-20(18)24-12-25-21/h1-8,11-12H,9-10H2,(H,28,29)(H,24,25,26). The molecule has 0 unspecified atom stereocenters. The molecule has 0 saturated heterocycles. The number of Topliss-reactive ketones (excluding diaryl/α,β-unsaturated/α-hetero) is 1. The van der Waals surface area contributed by atoms with Crippen molar-refractivity contribution in [1.29, 1.82) is 0 Å². The molecule has 0 atom stereocenters. The van der Waals surface area contributed by atoms with Gasteiger partial charge >= 0.3 is 5.97 Å². The Morgan fingerprint density at radius 2 is 1.60 bits per heavy atom. The Balaban J connectivity index is 1.44. The molecule has 0 aliphatic heterocycles. The van der Waals surface area contributed by atoms with E-state index >= 15 is 0 Å². The number of benzene rings is 2. The summed E-state index contributed by atoms with van der Waals surface area (Å²) in [6.45, 7) is 0. The van der Waals surface area contributed by atoms with E-state index in [-0.39, 0.29) is 36.0 Å². The predicted molar refractivity (Wildman–Crippen MR) is 106 cm³/mol. The summed E-state index contributed by atoms with van der Waals surface area (Å²) < 4.78 is 18.7. The van der Waals surface area contributed by atoms with Gasteiger partial charge in [0.25, 0.3) is 0 Å². The fraction of sp³-hybridized carbons (Fsp3) is 0.0909. The minimum Gasteiger partial charge on any atom is -0.477 e. The van der Waals surface area contributed by atoms with Crippen molar-refractivity contribution < 1.29 is 23.8 Å². The fourth-order valence-corrected chi connectivity index (χ4v) is 3.02. The SMILES string of the molecule is O=C(Cc1ccc(F)cc1)Cc1ccc(Oc2ncnc3[nH]c(C(=O)O)cc23)cc1. The highest BCUT2D eigenvalue weighted by molar-refractivity contribution is 5.94. The number of fused-ring (bicyclic) bond motifs is 1. The Labute approximate surface area is 170 Å². The molecule has 4 aromatic rings. The highest BCUT2D eigenvalue weighted by Crippen LogP contribution is 2.27. The lowest BCUT2D eigenvalue weighted by Crippen LogP contribution is -2.06. The van der Waals surface area contributed by atoms with E-state index in [2.05, 4.69) is 15.0 Å². The second-order valence-electron chi connectivity index (χ2n) is 6.69. The maximum atomic E-state index is 13.0. The molecule has 0 amide bonds. The topological polar surface area (TPSA) is 105 Å². The lowest BCUT2D eigenvalue weighted by atomic mass is 10.0. The Morgan fingerprint density at radius 1 is 0.967 bits per heavy atom. The first-order chi connectivity index (χ1) is 14.5. The Bertz CT molecular complexity index is 1220. The first-order valence-electron chi connectivity index (χ1n) is 9.08. The lowest BCUT2D eigenvalue weighted by molar-refractivity contribution is -0.117. The predicted octanol–water partition coefficient (Wildman–Crippen LogP) is 3.94. The highest BCUT2D eigenvalue weighted by atomic mass is 19.1. The molecule has 0 aliphatic carbocycles. The van der Waals surface area contributed by atoms with Crippen LogP contribution in [0, 0.1) is 5.82 Å². The smallest absolute Gasteiger partial charge is 0.352 e. The average Bonchev–Trinajstić information content (AvgIpc) is 3.17. The van der Waals surface area contributed by atoms with Crippen molar-refractivity contribution >= 4 is 22.8 Å². The molecule has 0 bridgehead atoms. The van der Waals surface area contributed by atoms with Crippen LogP contribution in [-0.4, -0.2) is 31.8 Å². The third-order valence-electron chi connectivity index (χ3n) is 4.47. The van der Waals surface area contributed by atoms with Gasteiger partial charge in [-0.2, -0.15) is 0 Å². The Kier molecular flexibility index (Phi) is 5.21. The number of ether oxygens (including phenoxy) is 1. The largest absolute Gasteiger partial charge is 0.477 e. The van der Waals surface area contributed by atoms with Gasteiger partial charge in [-0.15, -0.1) is 0 Å². The third kappa shape index (κ3) is 4.33. The molecule has 0 spiro atoms. The summed E-state index contributed by atoms with van der Waals surface area (Å²) in [5.74, 6) is -0.705. The zero-order chi connectivity index (χ0) is 21.1. The van der Waals surface area contributed by atoms with Crippen LogP contribution in [0.1, 0.15) is 21.6 Å². The summed E-state index contributed by atoms with van der Waals surface area (Å²) >= 11 is 0. The third-order valence-corrected chi connectivity index (χ3v) is 4.47. The van der Waals surface area contributed by atoms with E-state index < -0.39 is 5.97 Å². The number of rotatable bonds is 7. The molecule has 2 aromatic heterocycles. The van der Waals surface area contributed by atoms with Crippen LogP contribution in [0.2, 0.25) is 0 Å². The quantitative estimate of drug-likeness (QED) is 0.482. The maximum Gasteiger partial charge on any atom is 0.352 e. The number of ketones is 1. The first-order valence-corrected chi connectivity index (χ1v) is 9.08. The molecule has 2 aromatic carbocycles. The molecule has 2 N–H and O–H groups in total. The number of aromatic nitrogens is 3. The molecule has 0 fully saturated rings. The van der Waals surface area contributed by atoms with E-state index in [1.54, 1.807) is 36.4 Å². The van der Waals surface area contributed by atoms with Crippen LogP contribution in [0.3, 0.4) is 0 Å². The summed E-state index contributed by atoms with van der Waals surface area (Å²) in [6, 6.07) is 14.2. The van der Waals surface area contributed by atoms with Gasteiger partial charge in [0.15, 0.2) is 0 Å². The van der Waals surface area contributed by atoms with Crippen LogP contribution >= 0.6 is 0 Å². The van der Waals surface area contributed by atoms with E-state index in [1.807, 2.05) is 0 Å². The zero-order valence-corrected chi connectivity index (χ0v) is 15.6. The molecule has 7 nitrogen and oxygen atoms in total. The van der Waals surface area contributed by atoms with Gasteiger partial charge in [-0.1, -0.05) is 24.3 Å². The molecule has 4 rings (SSSR count). The number of nitrogens with zero attached hydrogens (tertiary/aromatic N) is 2. The number of halogens is 1. The average molecular weight is 405 g/mol. The molecule has 0 aliphatic rings. The second-order valence-corrected chi connectivity index (χ2v) is 6.69. The number of carbonyl (C=O) groups excluding carboxylic acids is 1. The van der Waals surface area contributed by atoms with Crippen molar-refractivity contribution in [1.82, 2.24) is 15.0 Å². The summed E-state index contributed by atoms with van der Waals surface area (Å²) in [5.41, 5.74) is 1.93. The Hall–Kier alpha value is -4.07. The van der Waals surface area contributed by atoms with Gasteiger partial charge in [-0.3, -0.25) is 4.79 Å². The number of carboxylic acid groups (broad SMARTS) is 1. The lowest BCUT2D eigenvalue weighted by Gasteiger charge is -2.07. The second kappa shape index (κ2) is 8.12. The summed E-state index contributed by atoms with van der Waals surface area (Å²) in [4.78, 5) is 34.1. The van der Waals surface area contributed by atoms with Crippen molar-refractivity contribution in [2.24, 2.45) is 0 Å². The van der Waals surface area contributed by atoms with E-state index in [0.717, 1.165) is 11.1 Å². The van der Waals surface area contributed by atoms with Crippen molar-refractivity contribution in [3.05, 3.63) is 83.6 Å². The first kappa shape index (κ1) is 19.3. The Morgan fingerprint density at radius 3 is 2.23 bits per heavy atom. The van der Waals surface area contributed by atoms with Crippen LogP contribution in [-0.2, 0) is 17.6 Å². The normalized spacial score (nSPS) is 10.8. The van der Waals surface area contributed by atoms with Crippen molar-refractivity contribution in [3.8, 4) is 11.6 Å². The number of hydrogen-bond acceptors (Lipinski definition) is 5. The van der Waals surface area contributed by atoms with Crippen LogP contribution < -0.4 is 4.74 Å². The van der Waals surface area contributed by atoms with Crippen molar-refractivity contribution in [3.63, 3.8) is 0 Å². The van der Waals surface area contributed by atoms with E-state index in [4.69, 9.17) is 9.84 Å². The van der Waals surface area contributed by atoms with Gasteiger partial charge in [-0.05, 0) is 41.5 Å². The number of carbonyl (C=O) groups is 2. The van der Waals surface area contributed by atoms with Crippen LogP contribution in [0.5, 0.6) is 11.6 Å². The number of aromatic amines is 1. The molecule has 0 saturated carbocycles. The van der Waals surface area contributed by atoms with E-state index in [0.29, 0.717) is 16.8 Å². The molecular weight excluding hydrogens is 389 g/mol. The summed E-state index contributed by atoms with van der Waals surface area (Å²) in [6.07, 6.45) is 1.76. The monoisotopic (exact) mass is 405 g/mol. The number of nitrogens with one attached hydrogen (secondary N) is 1. The van der Waals surface area contributed by atoms with Crippen molar-refractivity contribution in [2.45, 2.75) is 12.8 Å². The van der Waals surface area contributed by atoms with Gasteiger partial charge < -0.3 is 14.8 Å². The molecule has 8 heteroatoms. The van der Waals surface area contributed by atoms with E-state index in [1.165, 1.54) is 24.5 Å². The minimum absolute atomic E-state index is 0.00892. The summed E-state index contributed by atoms with van der Waals surface area (Å²) in [7, 11) is 0. The molecular formula is C22H16FN3O4. The minimum atomic E-state index is -1.10. The molecule has 150 valence electrons. The van der Waals surface area contributed by atoms with Crippen molar-refractivity contribution in [2.75, 3.05) is 0 Å². The zero-order valence-electron chi connectivity index (χ0n) is 15.6. The van der Waals surface area contributed by atoms with Gasteiger partial charge in [0.1, 0.15) is 35.0 Å². The van der Waals surface area contributed by atoms with E-state index in [9.17, 15) is 14.0 Å². The highest BCUT2D eigenvalue weighted by Gasteiger charge is 2.14. The molecule has 30 heavy (non-hydrogen) atoms. The van der Waals surface area contributed by atoms with Crippen LogP contribution in [0.25, 0.3) is 11.0 Å². The number of carboxylic acids is 1. The fourth-order valence-electron chi connectivity index (χ4n) is 3.02. The maximum absolute atomic E-state index is 13.0. The van der Waals surface area contributed by atoms with Gasteiger partial charge in [0.05, 0.1) is 5.39 Å². The van der Waals surface area contributed by atoms with Gasteiger partial charge in [0.2, 0.25) is 5.88 Å². The van der Waals surface area contributed by atoms with Crippen LogP contribution in [0.4, 0.5) is 4.39 Å². The van der Waals surface area contributed by atoms with Crippen LogP contribution in [0.15, 0.2) is 60.9 Å². The molecule has 0 radical (unpaired) electrons. The number of aromatic carboxylic acids is 1. The molecule has 2 heterocycles. The number of H-pyrrole nitrogens is 1. The van der Waals surface area contributed by atoms with Gasteiger partial charge in [0, 0.05) is 12.8 Å².